The van der Waals surface area contributed by atoms with Gasteiger partial charge in [0, 0.05) is 16.8 Å². The quantitative estimate of drug-likeness (QED) is 0.568. The van der Waals surface area contributed by atoms with E-state index in [0.717, 1.165) is 12.8 Å². The molecule has 0 heterocycles. The van der Waals surface area contributed by atoms with Crippen molar-refractivity contribution in [2.75, 3.05) is 5.32 Å². The lowest BCUT2D eigenvalue weighted by Crippen LogP contribution is -2.15. The maximum atomic E-state index is 10.4. The molecule has 100 valence electrons. The van der Waals surface area contributed by atoms with Gasteiger partial charge in [-0.3, -0.25) is 0 Å². The van der Waals surface area contributed by atoms with Crippen LogP contribution in [0.3, 0.4) is 0 Å². The van der Waals surface area contributed by atoms with Gasteiger partial charge in [-0.25, -0.2) is 0 Å². The van der Waals surface area contributed by atoms with Crippen LogP contribution in [-0.4, -0.2) is 16.3 Å². The van der Waals surface area contributed by atoms with E-state index >= 15 is 0 Å². The highest BCUT2D eigenvalue weighted by Crippen LogP contribution is 2.46. The number of hydrogen-bond donors (Lipinski definition) is 3. The second-order valence-electron chi connectivity index (χ2n) is 5.06. The molecule has 19 heavy (non-hydrogen) atoms. The molecule has 0 bridgehead atoms. The van der Waals surface area contributed by atoms with Crippen molar-refractivity contribution in [2.24, 2.45) is 0 Å². The standard InChI is InChI=1S/C15H16ClNO2/c16-12-13(17-9-5-1-2-6-9)15(19)11-8-4-3-7-10(11)14(12)18/h3-4,7-9,17-19H,1-2,5-6H2. The smallest absolute Gasteiger partial charge is 0.148 e. The number of fused-ring (bicyclic) bond motifs is 1. The second-order valence-corrected chi connectivity index (χ2v) is 5.44. The fraction of sp³-hybridized carbons (Fsp3) is 0.333. The molecule has 1 fully saturated rings. The van der Waals surface area contributed by atoms with Crippen LogP contribution in [0.25, 0.3) is 10.8 Å². The first-order valence-corrected chi connectivity index (χ1v) is 6.95. The highest BCUT2D eigenvalue weighted by atomic mass is 35.5. The molecule has 3 rings (SSSR count). The minimum absolute atomic E-state index is 0.0237. The number of benzene rings is 2. The van der Waals surface area contributed by atoms with Gasteiger partial charge < -0.3 is 15.5 Å². The molecule has 0 saturated heterocycles. The average Bonchev–Trinajstić information content (AvgIpc) is 2.94. The molecule has 0 atom stereocenters. The van der Waals surface area contributed by atoms with Crippen molar-refractivity contribution in [3.05, 3.63) is 29.3 Å². The number of phenols is 2. The lowest BCUT2D eigenvalue weighted by atomic mass is 10.1. The molecule has 3 nitrogen and oxygen atoms in total. The fourth-order valence-corrected chi connectivity index (χ4v) is 3.02. The third-order valence-corrected chi connectivity index (χ3v) is 4.17. The van der Waals surface area contributed by atoms with Crippen molar-refractivity contribution in [2.45, 2.75) is 31.7 Å². The van der Waals surface area contributed by atoms with Gasteiger partial charge in [0.25, 0.3) is 0 Å². The summed E-state index contributed by atoms with van der Waals surface area (Å²) in [7, 11) is 0. The topological polar surface area (TPSA) is 52.5 Å². The molecule has 0 radical (unpaired) electrons. The summed E-state index contributed by atoms with van der Waals surface area (Å²) < 4.78 is 0. The molecule has 2 aromatic rings. The second kappa shape index (κ2) is 4.82. The van der Waals surface area contributed by atoms with E-state index in [4.69, 9.17) is 11.6 Å². The summed E-state index contributed by atoms with van der Waals surface area (Å²) in [6, 6.07) is 7.48. The third kappa shape index (κ3) is 2.08. The summed E-state index contributed by atoms with van der Waals surface area (Å²) >= 11 is 6.18. The summed E-state index contributed by atoms with van der Waals surface area (Å²) in [6.07, 6.45) is 4.53. The van der Waals surface area contributed by atoms with Gasteiger partial charge in [-0.1, -0.05) is 48.7 Å². The van der Waals surface area contributed by atoms with Crippen LogP contribution < -0.4 is 5.32 Å². The summed E-state index contributed by atoms with van der Waals surface area (Å²) in [4.78, 5) is 0. The van der Waals surface area contributed by atoms with E-state index in [2.05, 4.69) is 5.32 Å². The van der Waals surface area contributed by atoms with E-state index < -0.39 is 0 Å². The van der Waals surface area contributed by atoms with Crippen molar-refractivity contribution >= 4 is 28.1 Å². The first-order chi connectivity index (χ1) is 9.18. The Morgan fingerprint density at radius 2 is 1.58 bits per heavy atom. The third-order valence-electron chi connectivity index (χ3n) is 3.81. The van der Waals surface area contributed by atoms with Gasteiger partial charge in [-0.15, -0.1) is 0 Å². The van der Waals surface area contributed by atoms with Gasteiger partial charge in [0.15, 0.2) is 0 Å². The number of anilines is 1. The Hall–Kier alpha value is -1.61. The molecule has 1 saturated carbocycles. The molecule has 0 amide bonds. The molecule has 0 unspecified atom stereocenters. The fourth-order valence-electron chi connectivity index (χ4n) is 2.78. The number of nitrogens with one attached hydrogen (secondary N) is 1. The van der Waals surface area contributed by atoms with Gasteiger partial charge in [0.05, 0.1) is 0 Å². The summed E-state index contributed by atoms with van der Waals surface area (Å²) in [6.45, 7) is 0. The van der Waals surface area contributed by atoms with Crippen molar-refractivity contribution in [3.8, 4) is 11.5 Å². The molecule has 0 aliphatic heterocycles. The van der Waals surface area contributed by atoms with Crippen LogP contribution in [0.4, 0.5) is 5.69 Å². The van der Waals surface area contributed by atoms with Crippen LogP contribution >= 0.6 is 11.6 Å². The number of hydrogen-bond acceptors (Lipinski definition) is 3. The Balaban J connectivity index is 2.12. The van der Waals surface area contributed by atoms with Crippen LogP contribution in [0.15, 0.2) is 24.3 Å². The SMILES string of the molecule is Oc1c(Cl)c(NC2CCCC2)c(O)c2ccccc12. The number of rotatable bonds is 2. The Labute approximate surface area is 116 Å². The summed E-state index contributed by atoms with van der Waals surface area (Å²) in [5, 5.41) is 25.2. The predicted octanol–water partition coefficient (Wildman–Crippen LogP) is 4.26. The summed E-state index contributed by atoms with van der Waals surface area (Å²) in [5.41, 5.74) is 0.449. The van der Waals surface area contributed by atoms with Crippen molar-refractivity contribution < 1.29 is 10.2 Å². The monoisotopic (exact) mass is 277 g/mol. The van der Waals surface area contributed by atoms with E-state index in [1.807, 2.05) is 12.1 Å². The van der Waals surface area contributed by atoms with Crippen LogP contribution in [0.1, 0.15) is 25.7 Å². The number of phenolic OH excluding ortho intramolecular Hbond substituents is 2. The van der Waals surface area contributed by atoms with Crippen molar-refractivity contribution in [3.63, 3.8) is 0 Å². The zero-order chi connectivity index (χ0) is 13.4. The minimum atomic E-state index is 0.0237. The van der Waals surface area contributed by atoms with Crippen molar-refractivity contribution in [1.29, 1.82) is 0 Å². The van der Waals surface area contributed by atoms with E-state index in [9.17, 15) is 10.2 Å². The lowest BCUT2D eigenvalue weighted by molar-refractivity contribution is 0.470. The average molecular weight is 278 g/mol. The Morgan fingerprint density at radius 3 is 2.21 bits per heavy atom. The zero-order valence-electron chi connectivity index (χ0n) is 10.5. The molecule has 3 N–H and O–H groups in total. The van der Waals surface area contributed by atoms with Gasteiger partial charge in [0.2, 0.25) is 0 Å². The Morgan fingerprint density at radius 1 is 1.00 bits per heavy atom. The van der Waals surface area contributed by atoms with E-state index in [1.54, 1.807) is 12.1 Å². The Kier molecular flexibility index (Phi) is 3.15. The maximum Gasteiger partial charge on any atom is 0.148 e. The van der Waals surface area contributed by atoms with Crippen LogP contribution in [0, 0.1) is 0 Å². The first kappa shape index (κ1) is 12.4. The van der Waals surface area contributed by atoms with Gasteiger partial charge >= 0.3 is 0 Å². The summed E-state index contributed by atoms with van der Waals surface area (Å²) in [5.74, 6) is 0.140. The van der Waals surface area contributed by atoms with Crippen LogP contribution in [0.5, 0.6) is 11.5 Å². The molecular weight excluding hydrogens is 262 g/mol. The molecule has 0 spiro atoms. The lowest BCUT2D eigenvalue weighted by Gasteiger charge is -2.18. The minimum Gasteiger partial charge on any atom is -0.506 e. The number of halogens is 1. The normalized spacial score (nSPS) is 16.1. The van der Waals surface area contributed by atoms with E-state index in [0.29, 0.717) is 22.5 Å². The molecule has 2 aromatic carbocycles. The van der Waals surface area contributed by atoms with Gasteiger partial charge in [0.1, 0.15) is 22.2 Å². The highest BCUT2D eigenvalue weighted by Gasteiger charge is 2.21. The zero-order valence-corrected chi connectivity index (χ0v) is 11.2. The molecule has 1 aliphatic rings. The Bertz CT molecular complexity index is 621. The molecule has 0 aromatic heterocycles. The predicted molar refractivity (Wildman–Crippen MR) is 78.2 cm³/mol. The van der Waals surface area contributed by atoms with Crippen molar-refractivity contribution in [1.82, 2.24) is 0 Å². The maximum absolute atomic E-state index is 10.4. The largest absolute Gasteiger partial charge is 0.506 e. The first-order valence-electron chi connectivity index (χ1n) is 6.57. The van der Waals surface area contributed by atoms with Gasteiger partial charge in [-0.2, -0.15) is 0 Å². The van der Waals surface area contributed by atoms with Crippen LogP contribution in [0.2, 0.25) is 5.02 Å². The van der Waals surface area contributed by atoms with Gasteiger partial charge in [-0.05, 0) is 12.8 Å². The van der Waals surface area contributed by atoms with E-state index in [1.165, 1.54) is 12.8 Å². The number of aromatic hydroxyl groups is 2. The van der Waals surface area contributed by atoms with E-state index in [-0.39, 0.29) is 16.5 Å². The molecule has 4 heteroatoms. The molecule has 1 aliphatic carbocycles. The van der Waals surface area contributed by atoms with Crippen LogP contribution in [-0.2, 0) is 0 Å². The molecular formula is C15H16ClNO2. The highest BCUT2D eigenvalue weighted by molar-refractivity contribution is 6.36.